The van der Waals surface area contributed by atoms with Crippen LogP contribution in [0.15, 0.2) is 0 Å². The minimum atomic E-state index is -0.128. The molecule has 0 aromatic heterocycles. The first kappa shape index (κ1) is 7.12. The molecule has 1 aliphatic heterocycles. The highest BCUT2D eigenvalue weighted by atomic mass is 15.2. The van der Waals surface area contributed by atoms with Crippen LogP contribution in [0.5, 0.6) is 0 Å². The monoisotopic (exact) mass is 134 g/mol. The number of nitrogens with zero attached hydrogens (tertiary/aromatic N) is 2. The summed E-state index contributed by atoms with van der Waals surface area (Å²) in [5.74, 6) is 2.55. The van der Waals surface area contributed by atoms with Crippen molar-refractivity contribution in [2.24, 2.45) is 5.41 Å². The average molecular weight is 134 g/mol. The number of nitriles is 1. The maximum absolute atomic E-state index is 8.60. The standard InChI is InChI=1S/C8H10N2/c1-3-4-10-6-8(2,5-9)7-10/h1H,4,6-7H2,2H3. The first-order chi connectivity index (χ1) is 4.70. The second-order valence-corrected chi connectivity index (χ2v) is 3.02. The smallest absolute Gasteiger partial charge is 0.0799 e. The van der Waals surface area contributed by atoms with E-state index in [4.69, 9.17) is 11.7 Å². The van der Waals surface area contributed by atoms with Crippen LogP contribution in [0.2, 0.25) is 0 Å². The number of likely N-dealkylation sites (tertiary alicyclic amines) is 1. The van der Waals surface area contributed by atoms with Crippen LogP contribution in [-0.4, -0.2) is 24.5 Å². The van der Waals surface area contributed by atoms with E-state index in [9.17, 15) is 0 Å². The minimum absolute atomic E-state index is 0.128. The molecule has 1 saturated heterocycles. The van der Waals surface area contributed by atoms with Crippen molar-refractivity contribution in [3.63, 3.8) is 0 Å². The van der Waals surface area contributed by atoms with Crippen LogP contribution < -0.4 is 0 Å². The summed E-state index contributed by atoms with van der Waals surface area (Å²) in [6.45, 7) is 4.29. The normalized spacial score (nSPS) is 22.3. The van der Waals surface area contributed by atoms with Gasteiger partial charge in [-0.3, -0.25) is 4.90 Å². The maximum Gasteiger partial charge on any atom is 0.0799 e. The van der Waals surface area contributed by atoms with Crippen LogP contribution in [0.1, 0.15) is 6.92 Å². The lowest BCUT2D eigenvalue weighted by molar-refractivity contribution is 0.0755. The summed E-state index contributed by atoms with van der Waals surface area (Å²) >= 11 is 0. The molecule has 1 rings (SSSR count). The Kier molecular flexibility index (Phi) is 1.66. The molecular weight excluding hydrogens is 124 g/mol. The fraction of sp³-hybridized carbons (Fsp3) is 0.625. The Hall–Kier alpha value is -0.990. The van der Waals surface area contributed by atoms with E-state index in [1.54, 1.807) is 0 Å². The van der Waals surface area contributed by atoms with E-state index in [2.05, 4.69) is 16.9 Å². The summed E-state index contributed by atoms with van der Waals surface area (Å²) in [5.41, 5.74) is -0.128. The average Bonchev–Trinajstić information content (AvgIpc) is 1.85. The zero-order valence-corrected chi connectivity index (χ0v) is 6.09. The Morgan fingerprint density at radius 2 is 2.30 bits per heavy atom. The van der Waals surface area contributed by atoms with Gasteiger partial charge in [0, 0.05) is 13.1 Å². The SMILES string of the molecule is C#CCN1CC(C)(C#N)C1. The zero-order valence-electron chi connectivity index (χ0n) is 6.09. The molecule has 0 spiro atoms. The molecule has 0 amide bonds. The van der Waals surface area contributed by atoms with Gasteiger partial charge in [0.1, 0.15) is 0 Å². The van der Waals surface area contributed by atoms with E-state index in [1.165, 1.54) is 0 Å². The molecule has 0 aromatic carbocycles. The molecule has 2 nitrogen and oxygen atoms in total. The predicted molar refractivity (Wildman–Crippen MR) is 39.0 cm³/mol. The van der Waals surface area contributed by atoms with Gasteiger partial charge in [0.25, 0.3) is 0 Å². The highest BCUT2D eigenvalue weighted by molar-refractivity contribution is 5.08. The van der Waals surface area contributed by atoms with Gasteiger partial charge in [0.15, 0.2) is 0 Å². The van der Waals surface area contributed by atoms with Crippen LogP contribution >= 0.6 is 0 Å². The van der Waals surface area contributed by atoms with E-state index >= 15 is 0 Å². The van der Waals surface area contributed by atoms with Crippen molar-refractivity contribution in [2.75, 3.05) is 19.6 Å². The summed E-state index contributed by atoms with van der Waals surface area (Å²) in [7, 11) is 0. The Morgan fingerprint density at radius 1 is 1.70 bits per heavy atom. The molecule has 0 atom stereocenters. The van der Waals surface area contributed by atoms with Gasteiger partial charge in [0.2, 0.25) is 0 Å². The Bertz CT molecular complexity index is 200. The van der Waals surface area contributed by atoms with Crippen molar-refractivity contribution in [2.45, 2.75) is 6.92 Å². The van der Waals surface area contributed by atoms with Crippen LogP contribution in [0.25, 0.3) is 0 Å². The summed E-state index contributed by atoms with van der Waals surface area (Å²) in [5, 5.41) is 8.60. The van der Waals surface area contributed by atoms with Crippen LogP contribution in [0.4, 0.5) is 0 Å². The molecule has 0 saturated carbocycles. The summed E-state index contributed by atoms with van der Waals surface area (Å²) in [6.07, 6.45) is 5.09. The third-order valence-corrected chi connectivity index (χ3v) is 1.73. The summed E-state index contributed by atoms with van der Waals surface area (Å²) in [6, 6.07) is 2.26. The topological polar surface area (TPSA) is 27.0 Å². The fourth-order valence-electron chi connectivity index (χ4n) is 1.25. The molecule has 1 aliphatic rings. The Morgan fingerprint density at radius 3 is 2.70 bits per heavy atom. The zero-order chi connectivity index (χ0) is 7.61. The van der Waals surface area contributed by atoms with E-state index in [1.807, 2.05) is 6.92 Å². The van der Waals surface area contributed by atoms with E-state index in [-0.39, 0.29) is 5.41 Å². The van der Waals surface area contributed by atoms with Gasteiger partial charge in [-0.2, -0.15) is 5.26 Å². The van der Waals surface area contributed by atoms with Gasteiger partial charge in [0.05, 0.1) is 18.0 Å². The van der Waals surface area contributed by atoms with Crippen molar-refractivity contribution in [3.8, 4) is 18.4 Å². The number of hydrogen-bond acceptors (Lipinski definition) is 2. The van der Waals surface area contributed by atoms with Crippen molar-refractivity contribution < 1.29 is 0 Å². The molecule has 1 fully saturated rings. The van der Waals surface area contributed by atoms with E-state index in [0.29, 0.717) is 6.54 Å². The number of hydrogen-bond donors (Lipinski definition) is 0. The first-order valence-corrected chi connectivity index (χ1v) is 3.27. The highest BCUT2D eigenvalue weighted by Crippen LogP contribution is 2.27. The lowest BCUT2D eigenvalue weighted by atomic mass is 9.84. The summed E-state index contributed by atoms with van der Waals surface area (Å²) < 4.78 is 0. The second-order valence-electron chi connectivity index (χ2n) is 3.02. The second kappa shape index (κ2) is 2.33. The molecule has 0 N–H and O–H groups in total. The molecule has 0 bridgehead atoms. The molecule has 10 heavy (non-hydrogen) atoms. The van der Waals surface area contributed by atoms with Gasteiger partial charge in [-0.15, -0.1) is 6.42 Å². The maximum atomic E-state index is 8.60. The van der Waals surface area contributed by atoms with E-state index in [0.717, 1.165) is 13.1 Å². The van der Waals surface area contributed by atoms with Crippen LogP contribution in [0, 0.1) is 29.1 Å². The minimum Gasteiger partial charge on any atom is -0.289 e. The van der Waals surface area contributed by atoms with E-state index < -0.39 is 0 Å². The molecule has 0 aliphatic carbocycles. The Balaban J connectivity index is 2.33. The van der Waals surface area contributed by atoms with Crippen LogP contribution in [-0.2, 0) is 0 Å². The van der Waals surface area contributed by atoms with Gasteiger partial charge >= 0.3 is 0 Å². The lowest BCUT2D eigenvalue weighted by Gasteiger charge is -2.42. The number of terminal acetylenes is 1. The van der Waals surface area contributed by atoms with Crippen molar-refractivity contribution in [1.29, 1.82) is 5.26 Å². The quantitative estimate of drug-likeness (QED) is 0.487. The van der Waals surface area contributed by atoms with Gasteiger partial charge in [-0.05, 0) is 6.92 Å². The fourth-order valence-corrected chi connectivity index (χ4v) is 1.25. The summed E-state index contributed by atoms with van der Waals surface area (Å²) in [4.78, 5) is 2.09. The lowest BCUT2D eigenvalue weighted by Crippen LogP contribution is -2.53. The Labute approximate surface area is 61.4 Å². The third kappa shape index (κ3) is 1.12. The highest BCUT2D eigenvalue weighted by Gasteiger charge is 2.37. The molecule has 0 radical (unpaired) electrons. The largest absolute Gasteiger partial charge is 0.289 e. The van der Waals surface area contributed by atoms with Crippen molar-refractivity contribution in [1.82, 2.24) is 4.90 Å². The number of rotatable bonds is 1. The third-order valence-electron chi connectivity index (χ3n) is 1.73. The predicted octanol–water partition coefficient (Wildman–Crippen LogP) is 0.465. The molecule has 1 heterocycles. The molecule has 0 aromatic rings. The molecule has 2 heteroatoms. The van der Waals surface area contributed by atoms with Crippen molar-refractivity contribution in [3.05, 3.63) is 0 Å². The molecular formula is C8H10N2. The van der Waals surface area contributed by atoms with Gasteiger partial charge in [-0.1, -0.05) is 5.92 Å². The van der Waals surface area contributed by atoms with Gasteiger partial charge in [-0.25, -0.2) is 0 Å². The van der Waals surface area contributed by atoms with Crippen LogP contribution in [0.3, 0.4) is 0 Å². The van der Waals surface area contributed by atoms with Crippen molar-refractivity contribution >= 4 is 0 Å². The first-order valence-electron chi connectivity index (χ1n) is 3.27. The van der Waals surface area contributed by atoms with Gasteiger partial charge < -0.3 is 0 Å². The molecule has 0 unspecified atom stereocenters. The molecule has 52 valence electrons.